The molecule has 0 aliphatic carbocycles. The molecule has 156 valence electrons. The summed E-state index contributed by atoms with van der Waals surface area (Å²) in [5, 5.41) is 2.81. The number of carbonyl (C=O) groups is 1. The van der Waals surface area contributed by atoms with E-state index in [1.807, 2.05) is 48.5 Å². The first-order valence-corrected chi connectivity index (χ1v) is 10.2. The zero-order chi connectivity index (χ0) is 21.2. The molecular weight excluding hydrogens is 394 g/mol. The second kappa shape index (κ2) is 8.06. The SMILES string of the molecule is O=C(Nc1cnc(-c2ccccc2)cn1)N1CCC(n2c(=O)oc3ccccc32)CC1. The first-order valence-electron chi connectivity index (χ1n) is 10.2. The predicted octanol–water partition coefficient (Wildman–Crippen LogP) is 3.92. The Labute approximate surface area is 178 Å². The summed E-state index contributed by atoms with van der Waals surface area (Å²) in [5.74, 6) is 0.0572. The Morgan fingerprint density at radius 1 is 0.968 bits per heavy atom. The van der Waals surface area contributed by atoms with E-state index in [9.17, 15) is 9.59 Å². The van der Waals surface area contributed by atoms with Crippen LogP contribution in [0.5, 0.6) is 0 Å². The lowest BCUT2D eigenvalue weighted by molar-refractivity contribution is 0.182. The van der Waals surface area contributed by atoms with E-state index in [-0.39, 0.29) is 17.8 Å². The van der Waals surface area contributed by atoms with E-state index in [1.165, 1.54) is 0 Å². The van der Waals surface area contributed by atoms with Gasteiger partial charge in [-0.1, -0.05) is 42.5 Å². The molecule has 1 aliphatic rings. The molecule has 1 saturated heterocycles. The molecule has 5 rings (SSSR count). The van der Waals surface area contributed by atoms with Gasteiger partial charge in [0.2, 0.25) is 0 Å². The lowest BCUT2D eigenvalue weighted by Gasteiger charge is -2.32. The molecule has 0 unspecified atom stereocenters. The Balaban J connectivity index is 1.22. The number of anilines is 1. The fraction of sp³-hybridized carbons (Fsp3) is 0.217. The maximum absolute atomic E-state index is 12.7. The highest BCUT2D eigenvalue weighted by atomic mass is 16.4. The summed E-state index contributed by atoms with van der Waals surface area (Å²) in [4.78, 5) is 35.4. The molecule has 1 fully saturated rings. The van der Waals surface area contributed by atoms with Crippen molar-refractivity contribution < 1.29 is 9.21 Å². The number of piperidine rings is 1. The van der Waals surface area contributed by atoms with Gasteiger partial charge in [0, 0.05) is 24.7 Å². The fourth-order valence-electron chi connectivity index (χ4n) is 4.00. The lowest BCUT2D eigenvalue weighted by Crippen LogP contribution is -2.42. The number of hydrogen-bond acceptors (Lipinski definition) is 5. The van der Waals surface area contributed by atoms with Crippen molar-refractivity contribution in [3.05, 3.63) is 77.5 Å². The number of nitrogens with zero attached hydrogens (tertiary/aromatic N) is 4. The van der Waals surface area contributed by atoms with Crippen LogP contribution in [0.3, 0.4) is 0 Å². The van der Waals surface area contributed by atoms with Crippen molar-refractivity contribution in [3.63, 3.8) is 0 Å². The molecule has 0 saturated carbocycles. The first kappa shape index (κ1) is 19.0. The third-order valence-corrected chi connectivity index (χ3v) is 5.59. The normalized spacial score (nSPS) is 14.6. The quantitative estimate of drug-likeness (QED) is 0.547. The minimum absolute atomic E-state index is 0.00477. The lowest BCUT2D eigenvalue weighted by atomic mass is 10.0. The number of carbonyl (C=O) groups excluding carboxylic acids is 1. The molecule has 2 aromatic heterocycles. The number of para-hydroxylation sites is 2. The summed E-state index contributed by atoms with van der Waals surface area (Å²) in [6.45, 7) is 1.08. The molecule has 1 aliphatic heterocycles. The zero-order valence-corrected chi connectivity index (χ0v) is 16.8. The van der Waals surface area contributed by atoms with E-state index in [1.54, 1.807) is 27.9 Å². The number of aromatic nitrogens is 3. The molecule has 1 N–H and O–H groups in total. The van der Waals surface area contributed by atoms with Crippen LogP contribution in [-0.2, 0) is 0 Å². The van der Waals surface area contributed by atoms with Crippen molar-refractivity contribution >= 4 is 22.9 Å². The Bertz CT molecular complexity index is 1260. The smallest absolute Gasteiger partial charge is 0.408 e. The molecule has 2 amide bonds. The third kappa shape index (κ3) is 3.79. The van der Waals surface area contributed by atoms with Crippen LogP contribution in [-0.4, -0.2) is 38.6 Å². The van der Waals surface area contributed by atoms with Crippen molar-refractivity contribution in [2.45, 2.75) is 18.9 Å². The number of amides is 2. The van der Waals surface area contributed by atoms with E-state index >= 15 is 0 Å². The summed E-state index contributed by atoms with van der Waals surface area (Å²) in [7, 11) is 0. The molecular formula is C23H21N5O3. The average molecular weight is 415 g/mol. The van der Waals surface area contributed by atoms with Crippen molar-refractivity contribution in [1.82, 2.24) is 19.4 Å². The summed E-state index contributed by atoms with van der Waals surface area (Å²) >= 11 is 0. The maximum Gasteiger partial charge on any atom is 0.420 e. The summed E-state index contributed by atoms with van der Waals surface area (Å²) < 4.78 is 7.05. The second-order valence-corrected chi connectivity index (χ2v) is 7.51. The van der Waals surface area contributed by atoms with Gasteiger partial charge in [-0.05, 0) is 25.0 Å². The maximum atomic E-state index is 12.7. The van der Waals surface area contributed by atoms with Crippen LogP contribution in [0.1, 0.15) is 18.9 Å². The predicted molar refractivity (Wildman–Crippen MR) is 117 cm³/mol. The van der Waals surface area contributed by atoms with Crippen molar-refractivity contribution in [2.75, 3.05) is 18.4 Å². The Morgan fingerprint density at radius 2 is 1.71 bits per heavy atom. The van der Waals surface area contributed by atoms with Gasteiger partial charge in [-0.2, -0.15) is 0 Å². The van der Waals surface area contributed by atoms with Crippen LogP contribution in [0.4, 0.5) is 10.6 Å². The van der Waals surface area contributed by atoms with Crippen LogP contribution in [0.15, 0.2) is 76.2 Å². The largest absolute Gasteiger partial charge is 0.420 e. The zero-order valence-electron chi connectivity index (χ0n) is 16.8. The number of nitrogens with one attached hydrogen (secondary N) is 1. The fourth-order valence-corrected chi connectivity index (χ4v) is 4.00. The van der Waals surface area contributed by atoms with Crippen molar-refractivity contribution in [1.29, 1.82) is 0 Å². The molecule has 0 atom stereocenters. The van der Waals surface area contributed by atoms with Crippen molar-refractivity contribution in [3.8, 4) is 11.3 Å². The van der Waals surface area contributed by atoms with Crippen LogP contribution >= 0.6 is 0 Å². The minimum Gasteiger partial charge on any atom is -0.408 e. The number of likely N-dealkylation sites (tertiary alicyclic amines) is 1. The van der Waals surface area contributed by atoms with Gasteiger partial charge in [-0.15, -0.1) is 0 Å². The minimum atomic E-state index is -0.349. The number of rotatable bonds is 3. The average Bonchev–Trinajstić information content (AvgIpc) is 3.16. The summed E-state index contributed by atoms with van der Waals surface area (Å²) in [6.07, 6.45) is 4.56. The highest BCUT2D eigenvalue weighted by Crippen LogP contribution is 2.26. The van der Waals surface area contributed by atoms with E-state index in [0.717, 1.165) is 16.8 Å². The third-order valence-electron chi connectivity index (χ3n) is 5.59. The molecule has 3 heterocycles. The van der Waals surface area contributed by atoms with E-state index in [0.29, 0.717) is 37.3 Å². The number of hydrogen-bond donors (Lipinski definition) is 1. The number of fused-ring (bicyclic) bond motifs is 1. The monoisotopic (exact) mass is 415 g/mol. The second-order valence-electron chi connectivity index (χ2n) is 7.51. The summed E-state index contributed by atoms with van der Waals surface area (Å²) in [5.41, 5.74) is 3.10. The highest BCUT2D eigenvalue weighted by Gasteiger charge is 2.27. The molecule has 0 radical (unpaired) electrons. The molecule has 8 nitrogen and oxygen atoms in total. The van der Waals surface area contributed by atoms with Gasteiger partial charge >= 0.3 is 11.8 Å². The Morgan fingerprint density at radius 3 is 2.45 bits per heavy atom. The first-order chi connectivity index (χ1) is 15.2. The molecule has 2 aromatic carbocycles. The number of oxazole rings is 1. The molecule has 0 bridgehead atoms. The van der Waals surface area contributed by atoms with Crippen molar-refractivity contribution in [2.24, 2.45) is 0 Å². The Kier molecular flexibility index (Phi) is 4.95. The van der Waals surface area contributed by atoms with Gasteiger partial charge < -0.3 is 9.32 Å². The molecule has 31 heavy (non-hydrogen) atoms. The molecule has 0 spiro atoms. The summed E-state index contributed by atoms with van der Waals surface area (Å²) in [6, 6.07) is 16.9. The van der Waals surface area contributed by atoms with Gasteiger partial charge in [0.15, 0.2) is 11.4 Å². The molecule has 8 heteroatoms. The van der Waals surface area contributed by atoms with Crippen LogP contribution in [0.2, 0.25) is 0 Å². The van der Waals surface area contributed by atoms with Crippen LogP contribution in [0, 0.1) is 0 Å². The van der Waals surface area contributed by atoms with Gasteiger partial charge in [-0.3, -0.25) is 14.9 Å². The topological polar surface area (TPSA) is 93.3 Å². The van der Waals surface area contributed by atoms with Gasteiger partial charge in [0.05, 0.1) is 23.6 Å². The molecule has 4 aromatic rings. The Hall–Kier alpha value is -3.94. The van der Waals surface area contributed by atoms with Gasteiger partial charge in [0.25, 0.3) is 0 Å². The highest BCUT2D eigenvalue weighted by molar-refractivity contribution is 5.88. The van der Waals surface area contributed by atoms with Crippen LogP contribution in [0.25, 0.3) is 22.4 Å². The van der Waals surface area contributed by atoms with E-state index < -0.39 is 0 Å². The standard InChI is InChI=1S/C23H21N5O3/c29-22(26-21-15-24-18(14-25-21)16-6-2-1-3-7-16)27-12-10-17(11-13-27)28-19-8-4-5-9-20(19)31-23(28)30/h1-9,14-15,17H,10-13H2,(H,25,26,29). The van der Waals surface area contributed by atoms with Gasteiger partial charge in [-0.25, -0.2) is 14.6 Å². The van der Waals surface area contributed by atoms with E-state index in [2.05, 4.69) is 15.3 Å². The van der Waals surface area contributed by atoms with Crippen LogP contribution < -0.4 is 11.1 Å². The van der Waals surface area contributed by atoms with E-state index in [4.69, 9.17) is 4.42 Å². The number of benzene rings is 2. The number of urea groups is 1. The van der Waals surface area contributed by atoms with Gasteiger partial charge in [0.1, 0.15) is 0 Å².